The van der Waals surface area contributed by atoms with Crippen molar-refractivity contribution in [3.05, 3.63) is 0 Å². The molecule has 0 aromatic carbocycles. The van der Waals surface area contributed by atoms with Crippen LogP contribution in [0.4, 0.5) is 0 Å². The Hall–Kier alpha value is 1.10. The molecule has 0 heterocycles. The van der Waals surface area contributed by atoms with Gasteiger partial charge in [-0.2, -0.15) is 0 Å². The second kappa shape index (κ2) is 2.38. The highest BCUT2D eigenvalue weighted by Gasteiger charge is 2.29. The maximum atomic E-state index is 7.09. The highest BCUT2D eigenvalue weighted by Crippen LogP contribution is 2.69. The topological polar surface area (TPSA) is 23.9 Å². The van der Waals surface area contributed by atoms with Gasteiger partial charge in [0, 0.05) is 0 Å². The van der Waals surface area contributed by atoms with Gasteiger partial charge < -0.3 is 0 Å². The molecule has 0 atom stereocenters. The Bertz CT molecular complexity index is 121. The molecule has 0 aromatic rings. The Morgan fingerprint density at radius 2 is 1.50 bits per heavy atom. The average Bonchev–Trinajstić information content (AvgIpc) is 1.25. The van der Waals surface area contributed by atoms with E-state index in [2.05, 4.69) is 0 Å². The van der Waals surface area contributed by atoms with Crippen LogP contribution in [0.1, 0.15) is 13.8 Å². The number of alkyl halides is 1. The van der Waals surface area contributed by atoms with E-state index in [1.165, 1.54) is 0 Å². The van der Waals surface area contributed by atoms with Crippen LogP contribution >= 0.6 is 39.8 Å². The van der Waals surface area contributed by atoms with Crippen LogP contribution in [-0.2, 0) is 0 Å². The van der Waals surface area contributed by atoms with Crippen molar-refractivity contribution in [1.29, 1.82) is 5.16 Å². The van der Waals surface area contributed by atoms with Crippen LogP contribution in [0, 0.1) is 5.16 Å². The van der Waals surface area contributed by atoms with Crippen molar-refractivity contribution in [1.82, 2.24) is 0 Å². The molecular weight excluding hydrogens is 187 g/mol. The Morgan fingerprint density at radius 3 is 1.50 bits per heavy atom. The van der Waals surface area contributed by atoms with E-state index in [-0.39, 0.29) is 0 Å². The van der Waals surface area contributed by atoms with E-state index in [0.29, 0.717) is 0 Å². The first-order chi connectivity index (χ1) is 3.25. The zero-order valence-corrected chi connectivity index (χ0v) is 7.74. The van der Waals surface area contributed by atoms with Crippen molar-refractivity contribution >= 4 is 39.8 Å². The molecule has 0 aliphatic heterocycles. The van der Waals surface area contributed by atoms with Crippen molar-refractivity contribution in [2.45, 2.75) is 18.5 Å². The number of hydrogen-bond donors (Lipinski definition) is 1. The molecule has 0 aromatic heterocycles. The standard InChI is InChI=1S/C3H7Cl3NP/c1-3(2,4)8(5,6)7/h7H,1-2H3. The fourth-order valence-electron chi connectivity index (χ4n) is 0. The molecule has 0 saturated heterocycles. The fourth-order valence-corrected chi connectivity index (χ4v) is 0. The van der Waals surface area contributed by atoms with E-state index in [9.17, 15) is 0 Å². The first kappa shape index (κ1) is 9.10. The van der Waals surface area contributed by atoms with Crippen molar-refractivity contribution in [2.75, 3.05) is 0 Å². The van der Waals surface area contributed by atoms with Gasteiger partial charge in [-0.15, -0.1) is 11.6 Å². The summed E-state index contributed by atoms with van der Waals surface area (Å²) in [5.41, 5.74) is 0. The molecule has 0 fully saturated rings. The number of hydrogen-bond acceptors (Lipinski definition) is 1. The van der Waals surface area contributed by atoms with Crippen LogP contribution in [0.2, 0.25) is 0 Å². The Kier molecular flexibility index (Phi) is 2.71. The SMILES string of the molecule is CC(C)(Cl)P(=N)(Cl)Cl. The van der Waals surface area contributed by atoms with Crippen LogP contribution in [0.5, 0.6) is 0 Å². The molecule has 0 bridgehead atoms. The van der Waals surface area contributed by atoms with Gasteiger partial charge in [-0.05, 0) is 13.8 Å². The van der Waals surface area contributed by atoms with E-state index >= 15 is 0 Å². The number of halogens is 3. The smallest absolute Gasteiger partial charge is 0.154 e. The van der Waals surface area contributed by atoms with Gasteiger partial charge in [-0.3, -0.25) is 5.16 Å². The highest BCUT2D eigenvalue weighted by molar-refractivity contribution is 8.11. The summed E-state index contributed by atoms with van der Waals surface area (Å²) >= 11 is 16.4. The van der Waals surface area contributed by atoms with Crippen molar-refractivity contribution in [2.24, 2.45) is 0 Å². The van der Waals surface area contributed by atoms with Crippen molar-refractivity contribution < 1.29 is 0 Å². The minimum Gasteiger partial charge on any atom is -0.288 e. The summed E-state index contributed by atoms with van der Waals surface area (Å²) in [6.07, 6.45) is 0. The largest absolute Gasteiger partial charge is 0.288 e. The summed E-state index contributed by atoms with van der Waals surface area (Å²) < 4.78 is -0.782. The van der Waals surface area contributed by atoms with Gasteiger partial charge in [0.05, 0.1) is 4.62 Å². The van der Waals surface area contributed by atoms with E-state index in [4.69, 9.17) is 39.2 Å². The second-order valence-corrected chi connectivity index (χ2v) is 8.84. The van der Waals surface area contributed by atoms with Gasteiger partial charge in [0.2, 0.25) is 0 Å². The molecule has 0 spiro atoms. The Balaban J connectivity index is 4.26. The third kappa shape index (κ3) is 2.59. The molecule has 0 aliphatic rings. The molecule has 0 amide bonds. The molecule has 0 saturated carbocycles. The molecule has 50 valence electrons. The number of rotatable bonds is 1. The molecule has 8 heavy (non-hydrogen) atoms. The summed E-state index contributed by atoms with van der Waals surface area (Å²) in [6, 6.07) is 0. The number of nitrogens with one attached hydrogen (secondary N) is 1. The average molecular weight is 194 g/mol. The lowest BCUT2D eigenvalue weighted by Crippen LogP contribution is -2.02. The third-order valence-electron chi connectivity index (χ3n) is 0.668. The molecular formula is C3H7Cl3NP. The van der Waals surface area contributed by atoms with Gasteiger partial charge in [-0.1, -0.05) is 22.5 Å². The molecule has 0 aliphatic carbocycles. The third-order valence-corrected chi connectivity index (χ3v) is 5.82. The van der Waals surface area contributed by atoms with Gasteiger partial charge in [0.25, 0.3) is 0 Å². The first-order valence-electron chi connectivity index (χ1n) is 1.97. The normalized spacial score (nSPS) is 14.1. The zero-order chi connectivity index (χ0) is 7.00. The second-order valence-electron chi connectivity index (χ2n) is 1.92. The first-order valence-corrected chi connectivity index (χ1v) is 5.95. The summed E-state index contributed by atoms with van der Waals surface area (Å²) in [5, 5.41) is 7.09. The lowest BCUT2D eigenvalue weighted by atomic mass is 10.6. The molecule has 1 N–H and O–H groups in total. The molecule has 0 radical (unpaired) electrons. The van der Waals surface area contributed by atoms with E-state index in [1.54, 1.807) is 13.8 Å². The highest BCUT2D eigenvalue weighted by atomic mass is 35.9. The van der Waals surface area contributed by atoms with Gasteiger partial charge >= 0.3 is 0 Å². The van der Waals surface area contributed by atoms with E-state index in [1.807, 2.05) is 0 Å². The van der Waals surface area contributed by atoms with Gasteiger partial charge in [0.15, 0.2) is 5.76 Å². The van der Waals surface area contributed by atoms with E-state index in [0.717, 1.165) is 0 Å². The van der Waals surface area contributed by atoms with Crippen LogP contribution in [0.15, 0.2) is 0 Å². The zero-order valence-electron chi connectivity index (χ0n) is 4.58. The predicted octanol–water partition coefficient (Wildman–Crippen LogP) is 4.05. The molecule has 5 heteroatoms. The maximum absolute atomic E-state index is 7.09. The van der Waals surface area contributed by atoms with Crippen LogP contribution < -0.4 is 0 Å². The predicted molar refractivity (Wildman–Crippen MR) is 41.3 cm³/mol. The summed E-state index contributed by atoms with van der Waals surface area (Å²) in [4.78, 5) is 0. The molecule has 1 nitrogen and oxygen atoms in total. The molecule has 0 rings (SSSR count). The van der Waals surface area contributed by atoms with Crippen molar-refractivity contribution in [3.8, 4) is 0 Å². The lowest BCUT2D eigenvalue weighted by Gasteiger charge is -2.19. The van der Waals surface area contributed by atoms with Gasteiger partial charge in [0.1, 0.15) is 0 Å². The minimum atomic E-state index is -2.64. The quantitative estimate of drug-likeness (QED) is 0.481. The monoisotopic (exact) mass is 193 g/mol. The Labute approximate surface area is 63.7 Å². The van der Waals surface area contributed by atoms with Gasteiger partial charge in [-0.25, -0.2) is 0 Å². The van der Waals surface area contributed by atoms with Crippen LogP contribution in [0.25, 0.3) is 0 Å². The fraction of sp³-hybridized carbons (Fsp3) is 1.00. The van der Waals surface area contributed by atoms with Crippen LogP contribution in [0.3, 0.4) is 0 Å². The van der Waals surface area contributed by atoms with Crippen molar-refractivity contribution in [3.63, 3.8) is 0 Å². The summed E-state index contributed by atoms with van der Waals surface area (Å²) in [5.74, 6) is -2.64. The van der Waals surface area contributed by atoms with E-state index < -0.39 is 10.4 Å². The summed E-state index contributed by atoms with van der Waals surface area (Å²) in [6.45, 7) is 3.27. The lowest BCUT2D eigenvalue weighted by molar-refractivity contribution is 0.995. The summed E-state index contributed by atoms with van der Waals surface area (Å²) in [7, 11) is 0. The Morgan fingerprint density at radius 1 is 1.38 bits per heavy atom. The maximum Gasteiger partial charge on any atom is 0.154 e. The van der Waals surface area contributed by atoms with Crippen LogP contribution in [-0.4, -0.2) is 4.62 Å². The molecule has 0 unspecified atom stereocenters. The minimum absolute atomic E-state index is 0.782.